The number of amides is 1. The highest BCUT2D eigenvalue weighted by molar-refractivity contribution is 8.26. The monoisotopic (exact) mass is 436 g/mol. The van der Waals surface area contributed by atoms with Crippen molar-refractivity contribution in [1.29, 1.82) is 0 Å². The summed E-state index contributed by atoms with van der Waals surface area (Å²) in [5.41, 5.74) is 3.93. The molecule has 2 heterocycles. The fraction of sp³-hybridized carbons (Fsp3) is 0.360. The van der Waals surface area contributed by atoms with E-state index in [2.05, 4.69) is 68.1 Å². The molecule has 2 aliphatic heterocycles. The minimum Gasteiger partial charge on any atom is -0.344 e. The zero-order valence-corrected chi connectivity index (χ0v) is 19.7. The third-order valence-corrected chi connectivity index (χ3v) is 7.96. The highest BCUT2D eigenvalue weighted by atomic mass is 32.2. The number of thioether (sulfide) groups is 1. The fourth-order valence-corrected chi connectivity index (χ4v) is 6.33. The standard InChI is InChI=1S/C25H28N2OS2/c1-5-25(6-2)21(16-15-20-23(28)27(8-4)24(29)30-20)26(7-3)19-14-13-17-11-9-10-12-18(17)22(19)25/h9-16H,5-8H2,1-4H3/b20-15+,21-16+. The predicted molar refractivity (Wildman–Crippen MR) is 133 cm³/mol. The summed E-state index contributed by atoms with van der Waals surface area (Å²) in [4.78, 5) is 17.5. The van der Waals surface area contributed by atoms with Crippen LogP contribution < -0.4 is 4.90 Å². The number of carbonyl (C=O) groups is 1. The minimum absolute atomic E-state index is 0.0203. The molecule has 0 saturated carbocycles. The molecule has 2 aromatic carbocycles. The van der Waals surface area contributed by atoms with E-state index in [1.165, 1.54) is 39.5 Å². The molecule has 30 heavy (non-hydrogen) atoms. The number of carbonyl (C=O) groups excluding carboxylic acids is 1. The van der Waals surface area contributed by atoms with Gasteiger partial charge in [0.25, 0.3) is 5.91 Å². The number of anilines is 1. The van der Waals surface area contributed by atoms with Crippen molar-refractivity contribution < 1.29 is 4.79 Å². The first-order valence-electron chi connectivity index (χ1n) is 10.8. The summed E-state index contributed by atoms with van der Waals surface area (Å²) in [6.07, 6.45) is 6.18. The van der Waals surface area contributed by atoms with Crippen LogP contribution in [0.1, 0.15) is 46.1 Å². The third kappa shape index (κ3) is 3.02. The zero-order chi connectivity index (χ0) is 21.5. The molecule has 0 atom stereocenters. The van der Waals surface area contributed by atoms with Crippen LogP contribution in [0, 0.1) is 0 Å². The highest BCUT2D eigenvalue weighted by Crippen LogP contribution is 2.54. The van der Waals surface area contributed by atoms with Crippen molar-refractivity contribution in [3.05, 3.63) is 64.7 Å². The highest BCUT2D eigenvalue weighted by Gasteiger charge is 2.45. The lowest BCUT2D eigenvalue weighted by molar-refractivity contribution is -0.122. The molecule has 3 nitrogen and oxygen atoms in total. The Morgan fingerprint density at radius 1 is 0.967 bits per heavy atom. The molecule has 1 amide bonds. The van der Waals surface area contributed by atoms with Crippen LogP contribution in [0.15, 0.2) is 59.2 Å². The SMILES string of the molecule is CCN1C(=O)/C(=C\C=C2\N(CC)c3ccc4ccccc4c3C2(CC)CC)SC1=S. The molecule has 0 spiro atoms. The summed E-state index contributed by atoms with van der Waals surface area (Å²) in [6, 6.07) is 13.2. The van der Waals surface area contributed by atoms with Crippen molar-refractivity contribution in [3.63, 3.8) is 0 Å². The van der Waals surface area contributed by atoms with Crippen LogP contribution in [0.3, 0.4) is 0 Å². The van der Waals surface area contributed by atoms with Crippen molar-refractivity contribution in [1.82, 2.24) is 4.90 Å². The molecule has 0 bridgehead atoms. The molecular weight excluding hydrogens is 408 g/mol. The number of hydrogen-bond donors (Lipinski definition) is 0. The van der Waals surface area contributed by atoms with Crippen molar-refractivity contribution in [2.24, 2.45) is 0 Å². The average Bonchev–Trinajstić information content (AvgIpc) is 3.21. The lowest BCUT2D eigenvalue weighted by Gasteiger charge is -2.32. The number of hydrogen-bond acceptors (Lipinski definition) is 4. The molecular formula is C25H28N2OS2. The number of allylic oxidation sites excluding steroid dienone is 3. The van der Waals surface area contributed by atoms with Gasteiger partial charge in [-0.05, 0) is 61.2 Å². The van der Waals surface area contributed by atoms with Gasteiger partial charge in [-0.15, -0.1) is 0 Å². The van der Waals surface area contributed by atoms with Crippen LogP contribution in [0.25, 0.3) is 10.8 Å². The molecule has 0 unspecified atom stereocenters. The van der Waals surface area contributed by atoms with Crippen molar-refractivity contribution in [2.45, 2.75) is 46.0 Å². The Hall–Kier alpha value is -2.11. The van der Waals surface area contributed by atoms with E-state index in [-0.39, 0.29) is 11.3 Å². The van der Waals surface area contributed by atoms with Crippen LogP contribution in [0.4, 0.5) is 5.69 Å². The van der Waals surface area contributed by atoms with E-state index in [1.54, 1.807) is 4.90 Å². The van der Waals surface area contributed by atoms with Crippen LogP contribution >= 0.6 is 24.0 Å². The Morgan fingerprint density at radius 3 is 2.30 bits per heavy atom. The molecule has 5 heteroatoms. The van der Waals surface area contributed by atoms with E-state index in [0.717, 1.165) is 19.4 Å². The average molecular weight is 437 g/mol. The quantitative estimate of drug-likeness (QED) is 0.400. The van der Waals surface area contributed by atoms with Gasteiger partial charge in [0, 0.05) is 29.9 Å². The van der Waals surface area contributed by atoms with Gasteiger partial charge in [-0.1, -0.05) is 68.2 Å². The lowest BCUT2D eigenvalue weighted by Crippen LogP contribution is -2.30. The van der Waals surface area contributed by atoms with Gasteiger partial charge in [0.15, 0.2) is 0 Å². The first-order chi connectivity index (χ1) is 14.5. The van der Waals surface area contributed by atoms with Gasteiger partial charge >= 0.3 is 0 Å². The van der Waals surface area contributed by atoms with Crippen LogP contribution in [-0.2, 0) is 10.2 Å². The van der Waals surface area contributed by atoms with E-state index in [9.17, 15) is 4.79 Å². The second-order valence-corrected chi connectivity index (χ2v) is 9.39. The predicted octanol–water partition coefficient (Wildman–Crippen LogP) is 6.39. The smallest absolute Gasteiger partial charge is 0.266 e. The van der Waals surface area contributed by atoms with Crippen LogP contribution in [-0.4, -0.2) is 28.2 Å². The van der Waals surface area contributed by atoms with Gasteiger partial charge in [-0.3, -0.25) is 9.69 Å². The number of fused-ring (bicyclic) bond motifs is 3. The number of rotatable bonds is 5. The maximum Gasteiger partial charge on any atom is 0.266 e. The Balaban J connectivity index is 1.90. The van der Waals surface area contributed by atoms with E-state index in [1.807, 2.05) is 13.0 Å². The lowest BCUT2D eigenvalue weighted by atomic mass is 9.73. The molecule has 1 saturated heterocycles. The Morgan fingerprint density at radius 2 is 1.67 bits per heavy atom. The van der Waals surface area contributed by atoms with Gasteiger partial charge in [0.2, 0.25) is 0 Å². The third-order valence-electron chi connectivity index (χ3n) is 6.56. The second-order valence-electron chi connectivity index (χ2n) is 7.71. The molecule has 0 aliphatic carbocycles. The normalized spacial score (nSPS) is 20.8. The number of benzene rings is 2. The van der Waals surface area contributed by atoms with Gasteiger partial charge in [-0.2, -0.15) is 0 Å². The van der Waals surface area contributed by atoms with Gasteiger partial charge < -0.3 is 4.90 Å². The molecule has 0 aromatic heterocycles. The van der Waals surface area contributed by atoms with Crippen molar-refractivity contribution >= 4 is 50.7 Å². The van der Waals surface area contributed by atoms with Gasteiger partial charge in [0.05, 0.1) is 4.91 Å². The van der Waals surface area contributed by atoms with E-state index in [4.69, 9.17) is 12.2 Å². The summed E-state index contributed by atoms with van der Waals surface area (Å²) in [5, 5.41) is 2.61. The summed E-state index contributed by atoms with van der Waals surface area (Å²) < 4.78 is 0.650. The summed E-state index contributed by atoms with van der Waals surface area (Å²) in [7, 11) is 0. The molecule has 2 aliphatic rings. The largest absolute Gasteiger partial charge is 0.344 e. The Labute approximate surface area is 188 Å². The van der Waals surface area contributed by atoms with Gasteiger partial charge in [0.1, 0.15) is 4.32 Å². The molecule has 156 valence electrons. The summed E-state index contributed by atoms with van der Waals surface area (Å²) in [5.74, 6) is 0.0203. The van der Waals surface area contributed by atoms with E-state index < -0.39 is 0 Å². The molecule has 0 N–H and O–H groups in total. The van der Waals surface area contributed by atoms with E-state index in [0.29, 0.717) is 15.8 Å². The minimum atomic E-state index is -0.0689. The first kappa shape index (κ1) is 21.1. The maximum atomic E-state index is 12.7. The zero-order valence-electron chi connectivity index (χ0n) is 18.1. The molecule has 0 radical (unpaired) electrons. The summed E-state index contributed by atoms with van der Waals surface area (Å²) >= 11 is 6.79. The molecule has 2 aromatic rings. The number of likely N-dealkylation sites (N-methyl/N-ethyl adjacent to an activating group) is 2. The fourth-order valence-electron chi connectivity index (χ4n) is 5.00. The molecule has 1 fully saturated rings. The van der Waals surface area contributed by atoms with Crippen molar-refractivity contribution in [2.75, 3.05) is 18.0 Å². The Bertz CT molecular complexity index is 1080. The van der Waals surface area contributed by atoms with E-state index >= 15 is 0 Å². The van der Waals surface area contributed by atoms with Crippen LogP contribution in [0.5, 0.6) is 0 Å². The topological polar surface area (TPSA) is 23.6 Å². The molecule has 4 rings (SSSR count). The van der Waals surface area contributed by atoms with Crippen LogP contribution in [0.2, 0.25) is 0 Å². The number of thiocarbonyl (C=S) groups is 1. The van der Waals surface area contributed by atoms with Crippen molar-refractivity contribution in [3.8, 4) is 0 Å². The summed E-state index contributed by atoms with van der Waals surface area (Å²) in [6.45, 7) is 10.2. The first-order valence-corrected chi connectivity index (χ1v) is 12.0. The van der Waals surface area contributed by atoms with Gasteiger partial charge in [-0.25, -0.2) is 0 Å². The number of nitrogens with zero attached hydrogens (tertiary/aromatic N) is 2. The second kappa shape index (κ2) is 8.20. The maximum absolute atomic E-state index is 12.7. The Kier molecular flexibility index (Phi) is 5.78.